The minimum atomic E-state index is -0.349. The van der Waals surface area contributed by atoms with E-state index in [0.29, 0.717) is 11.0 Å². The molecule has 2 aromatic rings. The van der Waals surface area contributed by atoms with Crippen LogP contribution in [-0.4, -0.2) is 18.1 Å². The van der Waals surface area contributed by atoms with Crippen LogP contribution < -0.4 is 0 Å². The molecule has 0 N–H and O–H groups in total. The third-order valence-electron chi connectivity index (χ3n) is 4.45. The summed E-state index contributed by atoms with van der Waals surface area (Å²) >= 11 is 0. The van der Waals surface area contributed by atoms with Gasteiger partial charge in [0.1, 0.15) is 0 Å². The van der Waals surface area contributed by atoms with Gasteiger partial charge in [0.15, 0.2) is 0 Å². The van der Waals surface area contributed by atoms with Crippen molar-refractivity contribution >= 4 is 22.4 Å². The number of rotatable bonds is 2. The highest BCUT2D eigenvalue weighted by atomic mass is 16.5. The van der Waals surface area contributed by atoms with Crippen molar-refractivity contribution in [2.75, 3.05) is 7.11 Å². The topological polar surface area (TPSA) is 39.2 Å². The highest BCUT2D eigenvalue weighted by Gasteiger charge is 2.22. The normalized spacial score (nSPS) is 17.1. The summed E-state index contributed by atoms with van der Waals surface area (Å²) in [6.45, 7) is 4.62. The number of aromatic nitrogens is 1. The number of para-hydroxylation sites is 1. The Balaban J connectivity index is 2.05. The number of carbonyl (C=O) groups is 1. The number of hydrogen-bond donors (Lipinski definition) is 0. The van der Waals surface area contributed by atoms with Gasteiger partial charge in [-0.3, -0.25) is 4.98 Å². The van der Waals surface area contributed by atoms with Crippen LogP contribution in [0.5, 0.6) is 0 Å². The average Bonchev–Trinajstić information content (AvgIpc) is 2.53. The molecule has 114 valence electrons. The maximum atomic E-state index is 11.6. The van der Waals surface area contributed by atoms with E-state index in [-0.39, 0.29) is 5.97 Å². The van der Waals surface area contributed by atoms with E-state index in [0.717, 1.165) is 23.7 Å². The van der Waals surface area contributed by atoms with Gasteiger partial charge in [-0.15, -0.1) is 0 Å². The molecule has 0 atom stereocenters. The molecule has 3 nitrogen and oxygen atoms in total. The monoisotopic (exact) mass is 295 g/mol. The number of nitrogens with zero attached hydrogens (tertiary/aromatic N) is 1. The molecule has 3 heteroatoms. The zero-order chi connectivity index (χ0) is 15.7. The van der Waals surface area contributed by atoms with Crippen LogP contribution in [0.4, 0.5) is 0 Å². The molecule has 1 aliphatic carbocycles. The van der Waals surface area contributed by atoms with E-state index < -0.39 is 0 Å². The van der Waals surface area contributed by atoms with E-state index in [4.69, 9.17) is 4.74 Å². The molecule has 0 unspecified atom stereocenters. The van der Waals surface area contributed by atoms with E-state index in [2.05, 4.69) is 31.0 Å². The number of ether oxygens (including phenoxy) is 1. The summed E-state index contributed by atoms with van der Waals surface area (Å²) in [5.41, 5.74) is 4.39. The molecule has 0 saturated carbocycles. The fraction of sp³-hybridized carbons (Fsp3) is 0.368. The van der Waals surface area contributed by atoms with Gasteiger partial charge in [-0.1, -0.05) is 38.1 Å². The molecular formula is C19H21NO2. The lowest BCUT2D eigenvalue weighted by atomic mass is 9.77. The molecule has 0 saturated heterocycles. The minimum absolute atomic E-state index is 0.349. The Labute approximate surface area is 131 Å². The number of benzene rings is 1. The third kappa shape index (κ3) is 2.76. The smallest absolute Gasteiger partial charge is 0.339 e. The van der Waals surface area contributed by atoms with Gasteiger partial charge in [-0.2, -0.15) is 0 Å². The number of fused-ring (bicyclic) bond motifs is 1. The molecule has 1 aromatic carbocycles. The van der Waals surface area contributed by atoms with Crippen molar-refractivity contribution in [3.8, 4) is 0 Å². The Bertz CT molecular complexity index is 759. The number of esters is 1. The van der Waals surface area contributed by atoms with Crippen molar-refractivity contribution in [1.29, 1.82) is 0 Å². The standard InChI is InChI=1S/C19H21NO2/c1-19(2)9-7-13(8-10-19)16-6-4-5-14-11-15(18(21)22-3)12-20-17(14)16/h4-7,11-12H,8-10H2,1-3H3. The largest absolute Gasteiger partial charge is 0.465 e. The summed E-state index contributed by atoms with van der Waals surface area (Å²) in [7, 11) is 1.39. The van der Waals surface area contributed by atoms with Gasteiger partial charge >= 0.3 is 5.97 Å². The van der Waals surface area contributed by atoms with Gasteiger partial charge in [0, 0.05) is 17.1 Å². The number of allylic oxidation sites excluding steroid dienone is 2. The molecule has 1 aromatic heterocycles. The predicted octanol–water partition coefficient (Wildman–Crippen LogP) is 4.61. The van der Waals surface area contributed by atoms with E-state index in [1.165, 1.54) is 24.7 Å². The van der Waals surface area contributed by atoms with Crippen LogP contribution in [0.15, 0.2) is 36.5 Å². The molecule has 0 aliphatic heterocycles. The molecule has 1 aliphatic rings. The number of carbonyl (C=O) groups excluding carboxylic acids is 1. The zero-order valence-corrected chi connectivity index (χ0v) is 13.3. The summed E-state index contributed by atoms with van der Waals surface area (Å²) in [5.74, 6) is -0.349. The first-order chi connectivity index (χ1) is 10.5. The summed E-state index contributed by atoms with van der Waals surface area (Å²) in [4.78, 5) is 16.2. The number of hydrogen-bond acceptors (Lipinski definition) is 3. The Kier molecular flexibility index (Phi) is 3.73. The van der Waals surface area contributed by atoms with Gasteiger partial charge in [-0.05, 0) is 36.3 Å². The number of pyridine rings is 1. The van der Waals surface area contributed by atoms with Crippen molar-refractivity contribution in [2.45, 2.75) is 33.1 Å². The molecule has 0 radical (unpaired) electrons. The summed E-state index contributed by atoms with van der Waals surface area (Å²) in [5, 5.41) is 0.978. The fourth-order valence-corrected chi connectivity index (χ4v) is 2.97. The minimum Gasteiger partial charge on any atom is -0.465 e. The second-order valence-electron chi connectivity index (χ2n) is 6.69. The van der Waals surface area contributed by atoms with Crippen LogP contribution >= 0.6 is 0 Å². The Morgan fingerprint density at radius 3 is 2.82 bits per heavy atom. The van der Waals surface area contributed by atoms with Crippen LogP contribution in [0.2, 0.25) is 0 Å². The summed E-state index contributed by atoms with van der Waals surface area (Å²) in [6.07, 6.45) is 7.31. The van der Waals surface area contributed by atoms with Gasteiger partial charge < -0.3 is 4.74 Å². The Morgan fingerprint density at radius 1 is 1.32 bits per heavy atom. The molecule has 0 fully saturated rings. The molecule has 1 heterocycles. The van der Waals surface area contributed by atoms with E-state index in [9.17, 15) is 4.79 Å². The van der Waals surface area contributed by atoms with Crippen LogP contribution in [0, 0.1) is 5.41 Å². The second kappa shape index (κ2) is 5.56. The fourth-order valence-electron chi connectivity index (χ4n) is 2.97. The first kappa shape index (κ1) is 14.8. The van der Waals surface area contributed by atoms with Crippen molar-refractivity contribution in [3.05, 3.63) is 47.7 Å². The molecule has 0 amide bonds. The second-order valence-corrected chi connectivity index (χ2v) is 6.69. The third-order valence-corrected chi connectivity index (χ3v) is 4.45. The lowest BCUT2D eigenvalue weighted by molar-refractivity contribution is 0.0600. The predicted molar refractivity (Wildman–Crippen MR) is 88.7 cm³/mol. The van der Waals surface area contributed by atoms with Crippen LogP contribution in [0.25, 0.3) is 16.5 Å². The molecule has 0 bridgehead atoms. The maximum absolute atomic E-state index is 11.6. The van der Waals surface area contributed by atoms with E-state index >= 15 is 0 Å². The van der Waals surface area contributed by atoms with Crippen LogP contribution in [-0.2, 0) is 4.74 Å². The van der Waals surface area contributed by atoms with Gasteiger partial charge in [0.2, 0.25) is 0 Å². The molecule has 3 rings (SSSR count). The number of methoxy groups -OCH3 is 1. The Hall–Kier alpha value is -2.16. The highest BCUT2D eigenvalue weighted by Crippen LogP contribution is 2.39. The average molecular weight is 295 g/mol. The lowest BCUT2D eigenvalue weighted by Crippen LogP contribution is -2.14. The SMILES string of the molecule is COC(=O)c1cnc2c(C3=CCC(C)(C)CC3)cccc2c1. The quantitative estimate of drug-likeness (QED) is 0.759. The maximum Gasteiger partial charge on any atom is 0.339 e. The molecule has 0 spiro atoms. The van der Waals surface area contributed by atoms with E-state index in [1.807, 2.05) is 18.2 Å². The van der Waals surface area contributed by atoms with Gasteiger partial charge in [0.25, 0.3) is 0 Å². The van der Waals surface area contributed by atoms with Crippen molar-refractivity contribution < 1.29 is 9.53 Å². The van der Waals surface area contributed by atoms with Crippen molar-refractivity contribution in [2.24, 2.45) is 5.41 Å². The van der Waals surface area contributed by atoms with Crippen molar-refractivity contribution in [3.63, 3.8) is 0 Å². The van der Waals surface area contributed by atoms with Crippen molar-refractivity contribution in [1.82, 2.24) is 4.98 Å². The highest BCUT2D eigenvalue weighted by molar-refractivity contribution is 5.97. The van der Waals surface area contributed by atoms with E-state index in [1.54, 1.807) is 6.20 Å². The molecule has 22 heavy (non-hydrogen) atoms. The zero-order valence-electron chi connectivity index (χ0n) is 13.3. The van der Waals surface area contributed by atoms with Gasteiger partial charge in [-0.25, -0.2) is 4.79 Å². The molecular weight excluding hydrogens is 274 g/mol. The Morgan fingerprint density at radius 2 is 2.14 bits per heavy atom. The van der Waals surface area contributed by atoms with Crippen LogP contribution in [0.1, 0.15) is 49.0 Å². The lowest BCUT2D eigenvalue weighted by Gasteiger charge is -2.29. The first-order valence-corrected chi connectivity index (χ1v) is 7.67. The summed E-state index contributed by atoms with van der Waals surface area (Å²) in [6, 6.07) is 7.99. The van der Waals surface area contributed by atoms with Gasteiger partial charge in [0.05, 0.1) is 18.2 Å². The van der Waals surface area contributed by atoms with Crippen LogP contribution in [0.3, 0.4) is 0 Å². The summed E-state index contributed by atoms with van der Waals surface area (Å²) < 4.78 is 4.76. The first-order valence-electron chi connectivity index (χ1n) is 7.67.